The molecule has 136 valence electrons. The Morgan fingerprint density at radius 3 is 1.13 bits per heavy atom. The van der Waals surface area contributed by atoms with Crippen LogP contribution in [0.2, 0.25) is 0 Å². The third-order valence-corrected chi connectivity index (χ3v) is 1.73. The van der Waals surface area contributed by atoms with Crippen molar-refractivity contribution < 1.29 is 20.1 Å². The van der Waals surface area contributed by atoms with Crippen LogP contribution < -0.4 is 34.4 Å². The minimum absolute atomic E-state index is 0.433. The summed E-state index contributed by atoms with van der Waals surface area (Å²) in [6.45, 7) is 3.58. The molecule has 0 amide bonds. The fraction of sp³-hybridized carbons (Fsp3) is 0.462. The third kappa shape index (κ3) is 18.0. The molecule has 0 spiro atoms. The summed E-state index contributed by atoms with van der Waals surface area (Å²) in [5.41, 5.74) is 29.0. The topological polar surface area (TPSA) is 234 Å². The Balaban J connectivity index is -0.000000278. The molecule has 0 aliphatic carbocycles. The molecule has 1 aromatic rings. The highest BCUT2D eigenvalue weighted by atomic mass is 16.4. The number of rotatable bonds is 4. The summed E-state index contributed by atoms with van der Waals surface area (Å²) in [6, 6.07) is 3.75. The van der Waals surface area contributed by atoms with E-state index in [0.29, 0.717) is 39.3 Å². The number of carboxylic acid groups (broad SMARTS) is 1. The van der Waals surface area contributed by atoms with E-state index in [-0.39, 0.29) is 0 Å². The number of hydrogen-bond donors (Lipinski definition) is 9. The van der Waals surface area contributed by atoms with Crippen molar-refractivity contribution in [3.05, 3.63) is 23.8 Å². The molecule has 0 heterocycles. The summed E-state index contributed by atoms with van der Waals surface area (Å²) < 4.78 is 0. The van der Waals surface area contributed by atoms with Gasteiger partial charge in [-0.3, -0.25) is 0 Å². The largest absolute Gasteiger partial charge is 0.507 e. The highest BCUT2D eigenvalue weighted by Gasteiger charge is 2.13. The molecule has 1 aromatic carbocycles. The summed E-state index contributed by atoms with van der Waals surface area (Å²) in [6.07, 6.45) is 0. The summed E-state index contributed by atoms with van der Waals surface area (Å²) >= 11 is 0. The van der Waals surface area contributed by atoms with Gasteiger partial charge in [0, 0.05) is 39.3 Å². The van der Waals surface area contributed by atoms with Gasteiger partial charge in [-0.2, -0.15) is 0 Å². The maximum Gasteiger partial charge on any atom is 0.343 e. The highest BCUT2D eigenvalue weighted by molar-refractivity contribution is 5.93. The van der Waals surface area contributed by atoms with Gasteiger partial charge in [0.1, 0.15) is 17.1 Å². The van der Waals surface area contributed by atoms with Gasteiger partial charge in [-0.05, 0) is 12.1 Å². The Morgan fingerprint density at radius 2 is 1.00 bits per heavy atom. The van der Waals surface area contributed by atoms with Gasteiger partial charge >= 0.3 is 5.97 Å². The predicted molar refractivity (Wildman–Crippen MR) is 91.1 cm³/mol. The Bertz CT molecular complexity index is 357. The van der Waals surface area contributed by atoms with Crippen molar-refractivity contribution in [2.75, 3.05) is 39.3 Å². The zero-order valence-corrected chi connectivity index (χ0v) is 13.2. The molecule has 0 aliphatic heterocycles. The summed E-state index contributed by atoms with van der Waals surface area (Å²) in [5.74, 6) is -2.21. The monoisotopic (exact) mass is 334 g/mol. The lowest BCUT2D eigenvalue weighted by atomic mass is 10.2. The maximum absolute atomic E-state index is 10.3. The van der Waals surface area contributed by atoms with Crippen LogP contribution in [0.5, 0.6) is 11.5 Å². The van der Waals surface area contributed by atoms with Gasteiger partial charge in [-0.25, -0.2) is 4.79 Å². The van der Waals surface area contributed by atoms with Crippen molar-refractivity contribution in [3.8, 4) is 11.5 Å². The molecule has 0 bridgehead atoms. The Kier molecular flexibility index (Phi) is 22.6. The van der Waals surface area contributed by atoms with Crippen LogP contribution in [-0.2, 0) is 0 Å². The van der Waals surface area contributed by atoms with Crippen LogP contribution in [0.15, 0.2) is 18.2 Å². The lowest BCUT2D eigenvalue weighted by Crippen LogP contribution is -2.11. The minimum atomic E-state index is -1.35. The van der Waals surface area contributed by atoms with E-state index < -0.39 is 23.0 Å². The maximum atomic E-state index is 10.3. The molecule has 0 atom stereocenters. The first-order chi connectivity index (χ1) is 10.9. The molecule has 0 saturated carbocycles. The molecule has 10 nitrogen and oxygen atoms in total. The first-order valence-corrected chi connectivity index (χ1v) is 6.82. The zero-order valence-electron chi connectivity index (χ0n) is 13.2. The number of benzene rings is 1. The number of carboxylic acids is 1. The van der Waals surface area contributed by atoms with Crippen molar-refractivity contribution in [2.24, 2.45) is 34.4 Å². The second kappa shape index (κ2) is 20.1. The van der Waals surface area contributed by atoms with Crippen molar-refractivity contribution in [1.82, 2.24) is 0 Å². The highest BCUT2D eigenvalue weighted by Crippen LogP contribution is 2.25. The summed E-state index contributed by atoms with van der Waals surface area (Å²) in [4.78, 5) is 10.3. The molecule has 10 heteroatoms. The van der Waals surface area contributed by atoms with Crippen molar-refractivity contribution in [3.63, 3.8) is 0 Å². The number of nitrogens with two attached hydrogens (primary N) is 6. The van der Waals surface area contributed by atoms with Crippen molar-refractivity contribution in [2.45, 2.75) is 0 Å². The van der Waals surface area contributed by atoms with Crippen LogP contribution in [0, 0.1) is 0 Å². The molecule has 0 aliphatic rings. The van der Waals surface area contributed by atoms with Gasteiger partial charge in [0.2, 0.25) is 0 Å². The fourth-order valence-electron chi connectivity index (χ4n) is 0.747. The number of aromatic hydroxyl groups is 2. The Hall–Kier alpha value is -1.95. The van der Waals surface area contributed by atoms with E-state index in [1.54, 1.807) is 0 Å². The van der Waals surface area contributed by atoms with Crippen LogP contribution >= 0.6 is 0 Å². The van der Waals surface area contributed by atoms with Gasteiger partial charge in [0.25, 0.3) is 0 Å². The van der Waals surface area contributed by atoms with Crippen LogP contribution in [0.25, 0.3) is 0 Å². The van der Waals surface area contributed by atoms with E-state index in [9.17, 15) is 4.79 Å². The second-order valence-corrected chi connectivity index (χ2v) is 3.71. The molecule has 0 unspecified atom stereocenters. The minimum Gasteiger partial charge on any atom is -0.507 e. The number of aromatic carboxylic acids is 1. The fourth-order valence-corrected chi connectivity index (χ4v) is 0.747. The number of hydrogen-bond acceptors (Lipinski definition) is 9. The molecule has 15 N–H and O–H groups in total. The van der Waals surface area contributed by atoms with E-state index >= 15 is 0 Å². The smallest absolute Gasteiger partial charge is 0.343 e. The van der Waals surface area contributed by atoms with Gasteiger partial charge in [0.15, 0.2) is 0 Å². The second-order valence-electron chi connectivity index (χ2n) is 3.71. The third-order valence-electron chi connectivity index (χ3n) is 1.73. The van der Waals surface area contributed by atoms with Gasteiger partial charge in [0.05, 0.1) is 0 Å². The van der Waals surface area contributed by atoms with Crippen LogP contribution in [0.3, 0.4) is 0 Å². The molecule has 0 saturated heterocycles. The van der Waals surface area contributed by atoms with Gasteiger partial charge in [-0.15, -0.1) is 0 Å². The Labute approximate surface area is 136 Å². The SMILES string of the molecule is NCCN.NCCN.NCCN.O=C(O)c1c(O)cccc1O. The summed E-state index contributed by atoms with van der Waals surface area (Å²) in [5, 5.41) is 26.3. The molecule has 0 aromatic heterocycles. The average Bonchev–Trinajstić information content (AvgIpc) is 2.55. The molecular weight excluding hydrogens is 304 g/mol. The van der Waals surface area contributed by atoms with Gasteiger partial charge < -0.3 is 49.7 Å². The molecule has 0 radical (unpaired) electrons. The van der Waals surface area contributed by atoms with E-state index in [4.69, 9.17) is 49.7 Å². The van der Waals surface area contributed by atoms with Gasteiger partial charge in [-0.1, -0.05) is 6.07 Å². The first-order valence-electron chi connectivity index (χ1n) is 6.82. The normalized spacial score (nSPS) is 8.43. The van der Waals surface area contributed by atoms with Crippen LogP contribution in [0.4, 0.5) is 0 Å². The summed E-state index contributed by atoms with van der Waals surface area (Å²) in [7, 11) is 0. The number of carbonyl (C=O) groups is 1. The lowest BCUT2D eigenvalue weighted by molar-refractivity contribution is 0.0690. The molecule has 1 rings (SSSR count). The van der Waals surface area contributed by atoms with Crippen LogP contribution in [-0.4, -0.2) is 60.6 Å². The zero-order chi connectivity index (χ0) is 18.7. The van der Waals surface area contributed by atoms with Crippen molar-refractivity contribution >= 4 is 5.97 Å². The first kappa shape index (κ1) is 26.0. The van der Waals surface area contributed by atoms with Crippen molar-refractivity contribution in [1.29, 1.82) is 0 Å². The quantitative estimate of drug-likeness (QED) is 0.280. The van der Waals surface area contributed by atoms with Crippen LogP contribution in [0.1, 0.15) is 10.4 Å². The number of phenols is 2. The average molecular weight is 334 g/mol. The predicted octanol–water partition coefficient (Wildman–Crippen LogP) is -2.49. The molecule has 23 heavy (non-hydrogen) atoms. The van der Waals surface area contributed by atoms with E-state index in [0.717, 1.165) is 0 Å². The standard InChI is InChI=1S/C7H6O4.3C2H8N2/c8-4-2-1-3-5(9)6(4)7(10)11;3*3-1-2-4/h1-3,8-9H,(H,10,11);3*1-4H2. The Morgan fingerprint density at radius 1 is 0.739 bits per heavy atom. The van der Waals surface area contributed by atoms with E-state index in [1.165, 1.54) is 18.2 Å². The lowest BCUT2D eigenvalue weighted by Gasteiger charge is -1.99. The molecule has 0 fully saturated rings. The van der Waals surface area contributed by atoms with E-state index in [1.807, 2.05) is 0 Å². The molecular formula is C13H30N6O4. The van der Waals surface area contributed by atoms with E-state index in [2.05, 4.69) is 0 Å².